The zero-order chi connectivity index (χ0) is 24.0. The molecule has 0 radical (unpaired) electrons. The third kappa shape index (κ3) is 4.52. The van der Waals surface area contributed by atoms with Gasteiger partial charge in [0, 0.05) is 5.56 Å². The quantitative estimate of drug-likeness (QED) is 0.286. The van der Waals surface area contributed by atoms with Gasteiger partial charge in [0.15, 0.2) is 13.0 Å². The summed E-state index contributed by atoms with van der Waals surface area (Å²) in [6.45, 7) is 1.96. The van der Waals surface area contributed by atoms with Crippen LogP contribution in [0.4, 0.5) is 0 Å². The monoisotopic (exact) mass is 481 g/mol. The molecule has 0 fully saturated rings. The van der Waals surface area contributed by atoms with E-state index in [1.165, 1.54) is 0 Å². The Balaban J connectivity index is 1.97. The summed E-state index contributed by atoms with van der Waals surface area (Å²) in [6, 6.07) is 39.3. The van der Waals surface area contributed by atoms with Gasteiger partial charge in [-0.15, -0.1) is 0 Å². The molecule has 4 aromatic rings. The van der Waals surface area contributed by atoms with Crippen molar-refractivity contribution in [1.29, 1.82) is 5.26 Å². The fourth-order valence-electron chi connectivity index (χ4n) is 3.93. The number of hydrogen-bond acceptors (Lipinski definition) is 2. The second kappa shape index (κ2) is 10.5. The number of amides is 1. The number of hydrogen-bond donors (Lipinski definition) is 1. The van der Waals surface area contributed by atoms with Gasteiger partial charge >= 0.3 is 0 Å². The number of nitrogens with zero attached hydrogens (tertiary/aromatic N) is 1. The van der Waals surface area contributed by atoms with Crippen molar-refractivity contribution >= 4 is 40.7 Å². The predicted molar refractivity (Wildman–Crippen MR) is 142 cm³/mol. The van der Waals surface area contributed by atoms with Crippen molar-refractivity contribution in [3.8, 4) is 6.07 Å². The highest BCUT2D eigenvalue weighted by Crippen LogP contribution is 2.64. The normalized spacial score (nSPS) is 11.8. The van der Waals surface area contributed by atoms with E-state index in [2.05, 4.69) is 11.4 Å². The third-order valence-electron chi connectivity index (χ3n) is 5.60. The van der Waals surface area contributed by atoms with E-state index in [9.17, 15) is 10.1 Å². The van der Waals surface area contributed by atoms with E-state index in [4.69, 9.17) is 11.6 Å². The largest absolute Gasteiger partial charge is 0.309 e. The van der Waals surface area contributed by atoms with E-state index in [1.807, 2.05) is 110 Å². The summed E-state index contributed by atoms with van der Waals surface area (Å²) >= 11 is 7.22. The minimum Gasteiger partial charge on any atom is -0.309 e. The van der Waals surface area contributed by atoms with Crippen molar-refractivity contribution in [2.75, 3.05) is 0 Å². The second-order valence-corrected chi connectivity index (χ2v) is 11.8. The van der Waals surface area contributed by atoms with Crippen LogP contribution in [-0.2, 0) is 0 Å². The Labute approximate surface area is 205 Å². The molecule has 0 spiro atoms. The molecule has 0 heterocycles. The van der Waals surface area contributed by atoms with Crippen LogP contribution in [0, 0.1) is 18.3 Å². The Kier molecular flexibility index (Phi) is 7.24. The lowest BCUT2D eigenvalue weighted by Crippen LogP contribution is -2.33. The Morgan fingerprint density at radius 3 is 1.53 bits per heavy atom. The number of nitriles is 1. The number of benzene rings is 4. The first-order chi connectivity index (χ1) is 16.6. The molecule has 5 heteroatoms. The summed E-state index contributed by atoms with van der Waals surface area (Å²) in [5, 5.41) is 15.9. The maximum absolute atomic E-state index is 13.0. The highest BCUT2D eigenvalue weighted by atomic mass is 35.5. The third-order valence-corrected chi connectivity index (χ3v) is 10.6. The summed E-state index contributed by atoms with van der Waals surface area (Å²) in [5.74, 6) is -0.373. The first kappa shape index (κ1) is 23.5. The van der Waals surface area contributed by atoms with Crippen molar-refractivity contribution < 1.29 is 4.79 Å². The van der Waals surface area contributed by atoms with Crippen LogP contribution in [0.5, 0.6) is 0 Å². The molecule has 0 aliphatic rings. The van der Waals surface area contributed by atoms with Gasteiger partial charge in [0.2, 0.25) is 4.77 Å². The molecule has 0 saturated carbocycles. The van der Waals surface area contributed by atoms with Crippen LogP contribution in [0.3, 0.4) is 0 Å². The highest BCUT2D eigenvalue weighted by molar-refractivity contribution is 8.00. The molecule has 1 N–H and O–H groups in total. The topological polar surface area (TPSA) is 52.9 Å². The van der Waals surface area contributed by atoms with E-state index in [0.29, 0.717) is 10.3 Å². The van der Waals surface area contributed by atoms with E-state index in [-0.39, 0.29) is 11.6 Å². The van der Waals surface area contributed by atoms with Crippen molar-refractivity contribution in [2.45, 2.75) is 6.92 Å². The van der Waals surface area contributed by atoms with Gasteiger partial charge in [0.1, 0.15) is 22.0 Å². The van der Waals surface area contributed by atoms with Crippen LogP contribution in [0.1, 0.15) is 15.9 Å². The first-order valence-electron chi connectivity index (χ1n) is 10.8. The SMILES string of the molecule is Cc1ccc(C(=O)N/C(C#N)=C(\Cl)[P+](c2ccccc2)(c2ccccc2)c2ccccc2)cc1. The summed E-state index contributed by atoms with van der Waals surface area (Å²) in [7, 11) is -2.66. The smallest absolute Gasteiger partial charge is 0.256 e. The standard InChI is InChI=1S/C29H22ClN2OP/c1-22-17-19-23(20-18-22)29(33)32-27(21-31)28(30)34(24-11-5-2-6-12-24,25-13-7-3-8-14-25)26-15-9-4-10-16-26/h2-20H,1H3/p+1/b28-27+. The lowest BCUT2D eigenvalue weighted by atomic mass is 10.1. The first-order valence-corrected chi connectivity index (χ1v) is 13.0. The van der Waals surface area contributed by atoms with Crippen LogP contribution in [0.2, 0.25) is 0 Å². The van der Waals surface area contributed by atoms with E-state index in [0.717, 1.165) is 21.5 Å². The second-order valence-electron chi connectivity index (χ2n) is 7.78. The Bertz CT molecular complexity index is 1250. The van der Waals surface area contributed by atoms with Gasteiger partial charge in [-0.25, -0.2) is 0 Å². The fraction of sp³-hybridized carbons (Fsp3) is 0.0345. The highest BCUT2D eigenvalue weighted by Gasteiger charge is 2.51. The lowest BCUT2D eigenvalue weighted by Gasteiger charge is -2.27. The Hall–Kier alpha value is -3.70. The maximum atomic E-state index is 13.0. The van der Waals surface area contributed by atoms with E-state index in [1.54, 1.807) is 12.1 Å². The molecule has 0 saturated heterocycles. The molecule has 0 bridgehead atoms. The zero-order valence-electron chi connectivity index (χ0n) is 18.7. The average molecular weight is 482 g/mol. The van der Waals surface area contributed by atoms with E-state index < -0.39 is 7.26 Å². The summed E-state index contributed by atoms with van der Waals surface area (Å²) in [6.07, 6.45) is 0. The molecule has 0 aliphatic carbocycles. The molecule has 166 valence electrons. The van der Waals surface area contributed by atoms with Gasteiger partial charge in [-0.3, -0.25) is 4.79 Å². The van der Waals surface area contributed by atoms with Crippen LogP contribution in [0.25, 0.3) is 0 Å². The molecular weight excluding hydrogens is 459 g/mol. The number of nitrogens with one attached hydrogen (secondary N) is 1. The van der Waals surface area contributed by atoms with Crippen molar-refractivity contribution in [3.05, 3.63) is 137 Å². The van der Waals surface area contributed by atoms with Crippen LogP contribution in [-0.4, -0.2) is 5.91 Å². The molecule has 0 aromatic heterocycles. The Morgan fingerprint density at radius 1 is 0.735 bits per heavy atom. The van der Waals surface area contributed by atoms with Gasteiger partial charge in [-0.2, -0.15) is 5.26 Å². The minimum absolute atomic E-state index is 0.0529. The molecule has 3 nitrogen and oxygen atoms in total. The Morgan fingerprint density at radius 2 is 1.15 bits per heavy atom. The average Bonchev–Trinajstić information content (AvgIpc) is 2.90. The maximum Gasteiger partial charge on any atom is 0.256 e. The zero-order valence-corrected chi connectivity index (χ0v) is 20.3. The molecule has 4 rings (SSSR count). The van der Waals surface area contributed by atoms with Crippen molar-refractivity contribution in [1.82, 2.24) is 5.32 Å². The molecule has 0 aliphatic heterocycles. The van der Waals surface area contributed by atoms with Crippen LogP contribution < -0.4 is 21.2 Å². The van der Waals surface area contributed by atoms with Gasteiger partial charge < -0.3 is 5.32 Å². The summed E-state index contributed by atoms with van der Waals surface area (Å²) in [5.41, 5.74) is 1.57. The number of carbonyl (C=O) groups is 1. The molecule has 0 atom stereocenters. The van der Waals surface area contributed by atoms with E-state index >= 15 is 0 Å². The number of aryl methyl sites for hydroxylation is 1. The molecule has 0 unspecified atom stereocenters. The van der Waals surface area contributed by atoms with Crippen molar-refractivity contribution in [2.24, 2.45) is 0 Å². The number of rotatable bonds is 6. The predicted octanol–water partition coefficient (Wildman–Crippen LogP) is 5.65. The number of carbonyl (C=O) groups excluding carboxylic acids is 1. The minimum atomic E-state index is -2.66. The van der Waals surface area contributed by atoms with Crippen molar-refractivity contribution in [3.63, 3.8) is 0 Å². The van der Waals surface area contributed by atoms with Gasteiger partial charge in [-0.1, -0.05) is 72.3 Å². The number of halogens is 1. The van der Waals surface area contributed by atoms with Gasteiger partial charge in [0.05, 0.1) is 0 Å². The molecule has 1 amide bonds. The fourth-order valence-corrected chi connectivity index (χ4v) is 8.77. The summed E-state index contributed by atoms with van der Waals surface area (Å²) in [4.78, 5) is 13.0. The molecule has 4 aromatic carbocycles. The molecular formula is C29H23ClN2OP+. The number of allylic oxidation sites excluding steroid dienone is 1. The van der Waals surface area contributed by atoms with Crippen LogP contribution >= 0.6 is 18.9 Å². The lowest BCUT2D eigenvalue weighted by molar-refractivity contribution is 0.0967. The van der Waals surface area contributed by atoms with Gasteiger partial charge in [0.25, 0.3) is 5.91 Å². The van der Waals surface area contributed by atoms with Gasteiger partial charge in [-0.05, 0) is 67.1 Å². The summed E-state index contributed by atoms with van der Waals surface area (Å²) < 4.78 is 0.332. The van der Waals surface area contributed by atoms with Crippen LogP contribution in [0.15, 0.2) is 126 Å². The molecule has 34 heavy (non-hydrogen) atoms.